The van der Waals surface area contributed by atoms with E-state index < -0.39 is 0 Å². The lowest BCUT2D eigenvalue weighted by atomic mass is 10.1. The first-order valence-electron chi connectivity index (χ1n) is 7.29. The Morgan fingerprint density at radius 2 is 1.90 bits per heavy atom. The van der Waals surface area contributed by atoms with Crippen molar-refractivity contribution in [3.05, 3.63) is 59.2 Å². The molecule has 0 unspecified atom stereocenters. The molecule has 0 saturated carbocycles. The largest absolute Gasteiger partial charge is 0.493 e. The number of ether oxygens (including phenoxy) is 1. The van der Waals surface area contributed by atoms with Crippen LogP contribution in [0.2, 0.25) is 0 Å². The third kappa shape index (κ3) is 3.35. The van der Waals surface area contributed by atoms with Gasteiger partial charge in [-0.05, 0) is 41.3 Å². The zero-order chi connectivity index (χ0) is 14.5. The second kappa shape index (κ2) is 6.32. The predicted molar refractivity (Wildman–Crippen MR) is 83.6 cm³/mol. The molecule has 0 saturated heterocycles. The van der Waals surface area contributed by atoms with Crippen molar-refractivity contribution in [2.45, 2.75) is 19.3 Å². The number of nitrogens with one attached hydrogen (secondary N) is 1. The number of benzene rings is 2. The summed E-state index contributed by atoms with van der Waals surface area (Å²) in [4.78, 5) is 0. The Morgan fingerprint density at radius 3 is 2.71 bits per heavy atom. The fourth-order valence-corrected chi connectivity index (χ4v) is 2.58. The van der Waals surface area contributed by atoms with Gasteiger partial charge in [-0.3, -0.25) is 0 Å². The van der Waals surface area contributed by atoms with E-state index in [4.69, 9.17) is 10.00 Å². The second-order valence-electron chi connectivity index (χ2n) is 5.25. The van der Waals surface area contributed by atoms with Gasteiger partial charge in [0.1, 0.15) is 5.75 Å². The molecule has 21 heavy (non-hydrogen) atoms. The van der Waals surface area contributed by atoms with Gasteiger partial charge >= 0.3 is 0 Å². The number of rotatable bonds is 5. The Balaban J connectivity index is 1.53. The van der Waals surface area contributed by atoms with Crippen LogP contribution in [0.4, 0.5) is 5.69 Å². The van der Waals surface area contributed by atoms with Crippen LogP contribution in [0.1, 0.15) is 16.7 Å². The van der Waals surface area contributed by atoms with Crippen LogP contribution in [-0.2, 0) is 19.3 Å². The van der Waals surface area contributed by atoms with Crippen molar-refractivity contribution in [3.63, 3.8) is 0 Å². The minimum Gasteiger partial charge on any atom is -0.493 e. The van der Waals surface area contributed by atoms with Gasteiger partial charge in [-0.15, -0.1) is 0 Å². The normalized spacial score (nSPS) is 12.3. The van der Waals surface area contributed by atoms with E-state index >= 15 is 0 Å². The molecule has 0 aromatic heterocycles. The van der Waals surface area contributed by atoms with E-state index in [1.807, 2.05) is 24.3 Å². The van der Waals surface area contributed by atoms with Crippen molar-refractivity contribution in [1.29, 1.82) is 5.26 Å². The highest BCUT2D eigenvalue weighted by Crippen LogP contribution is 2.26. The van der Waals surface area contributed by atoms with Crippen molar-refractivity contribution in [2.75, 3.05) is 18.5 Å². The summed E-state index contributed by atoms with van der Waals surface area (Å²) in [7, 11) is 0. The minimum absolute atomic E-state index is 0.470. The monoisotopic (exact) mass is 278 g/mol. The smallest absolute Gasteiger partial charge is 0.122 e. The number of fused-ring (bicyclic) bond motifs is 1. The molecule has 3 rings (SSSR count). The first kappa shape index (κ1) is 13.5. The summed E-state index contributed by atoms with van der Waals surface area (Å²) < 4.78 is 5.52. The number of hydrogen-bond acceptors (Lipinski definition) is 3. The summed E-state index contributed by atoms with van der Waals surface area (Å²) in [5.41, 5.74) is 4.82. The summed E-state index contributed by atoms with van der Waals surface area (Å²) >= 11 is 0. The molecule has 2 aromatic carbocycles. The van der Waals surface area contributed by atoms with E-state index in [-0.39, 0.29) is 0 Å². The fourth-order valence-electron chi connectivity index (χ4n) is 2.58. The lowest BCUT2D eigenvalue weighted by Crippen LogP contribution is -2.05. The SMILES string of the molecule is N#CCc1ccc(NCCc2ccc3c(c2)CCO3)cc1. The molecule has 2 aromatic rings. The number of nitrogens with zero attached hydrogens (tertiary/aromatic N) is 1. The second-order valence-corrected chi connectivity index (χ2v) is 5.25. The quantitative estimate of drug-likeness (QED) is 0.912. The Kier molecular flexibility index (Phi) is 4.07. The molecule has 1 heterocycles. The number of hydrogen-bond donors (Lipinski definition) is 1. The Hall–Kier alpha value is -2.47. The predicted octanol–water partition coefficient (Wildman–Crippen LogP) is 3.34. The molecule has 1 aliphatic rings. The molecule has 0 bridgehead atoms. The molecule has 0 spiro atoms. The Labute approximate surface area is 125 Å². The van der Waals surface area contributed by atoms with Gasteiger partial charge in [-0.25, -0.2) is 0 Å². The van der Waals surface area contributed by atoms with Crippen molar-refractivity contribution in [2.24, 2.45) is 0 Å². The van der Waals surface area contributed by atoms with Gasteiger partial charge < -0.3 is 10.1 Å². The van der Waals surface area contributed by atoms with Gasteiger partial charge in [-0.1, -0.05) is 24.3 Å². The zero-order valence-corrected chi connectivity index (χ0v) is 11.9. The zero-order valence-electron chi connectivity index (χ0n) is 11.9. The highest BCUT2D eigenvalue weighted by atomic mass is 16.5. The molecular weight excluding hydrogens is 260 g/mol. The van der Waals surface area contributed by atoms with Crippen LogP contribution in [0.25, 0.3) is 0 Å². The summed E-state index contributed by atoms with van der Waals surface area (Å²) in [5.74, 6) is 1.04. The minimum atomic E-state index is 0.470. The van der Waals surface area contributed by atoms with Gasteiger partial charge in [0.2, 0.25) is 0 Å². The van der Waals surface area contributed by atoms with Crippen LogP contribution in [-0.4, -0.2) is 13.2 Å². The number of nitriles is 1. The van der Waals surface area contributed by atoms with Gasteiger partial charge in [0, 0.05) is 18.7 Å². The molecular formula is C18H18N2O. The standard InChI is InChI=1S/C18H18N2O/c19-10-7-14-1-4-17(5-2-14)20-11-8-15-3-6-18-16(13-15)9-12-21-18/h1-6,13,20H,7-9,11-12H2. The number of anilines is 1. The topological polar surface area (TPSA) is 45.0 Å². The molecule has 106 valence electrons. The first-order chi connectivity index (χ1) is 10.3. The van der Waals surface area contributed by atoms with Gasteiger partial charge in [0.25, 0.3) is 0 Å². The van der Waals surface area contributed by atoms with Gasteiger partial charge in [0.05, 0.1) is 19.1 Å². The average Bonchev–Trinajstić information content (AvgIpc) is 2.97. The summed E-state index contributed by atoms with van der Waals surface area (Å²) in [6.07, 6.45) is 2.49. The molecule has 0 radical (unpaired) electrons. The maximum absolute atomic E-state index is 8.65. The van der Waals surface area contributed by atoms with Crippen LogP contribution in [0.3, 0.4) is 0 Å². The van der Waals surface area contributed by atoms with Crippen molar-refractivity contribution in [1.82, 2.24) is 0 Å². The highest BCUT2D eigenvalue weighted by Gasteiger charge is 2.11. The Morgan fingerprint density at radius 1 is 1.10 bits per heavy atom. The van der Waals surface area contributed by atoms with E-state index in [0.717, 1.165) is 43.0 Å². The first-order valence-corrected chi connectivity index (χ1v) is 7.29. The van der Waals surface area contributed by atoms with E-state index in [2.05, 4.69) is 29.6 Å². The maximum Gasteiger partial charge on any atom is 0.122 e. The highest BCUT2D eigenvalue weighted by molar-refractivity contribution is 5.45. The molecule has 1 N–H and O–H groups in total. The maximum atomic E-state index is 8.65. The van der Waals surface area contributed by atoms with Crippen LogP contribution >= 0.6 is 0 Å². The van der Waals surface area contributed by atoms with Crippen LogP contribution in [0.15, 0.2) is 42.5 Å². The molecule has 3 nitrogen and oxygen atoms in total. The summed E-state index contributed by atoms with van der Waals surface area (Å²) in [5, 5.41) is 12.1. The summed E-state index contributed by atoms with van der Waals surface area (Å²) in [6.45, 7) is 1.71. The molecule has 0 aliphatic carbocycles. The lowest BCUT2D eigenvalue weighted by molar-refractivity contribution is 0.357. The van der Waals surface area contributed by atoms with Crippen LogP contribution in [0.5, 0.6) is 5.75 Å². The van der Waals surface area contributed by atoms with Crippen LogP contribution in [0, 0.1) is 11.3 Å². The summed E-state index contributed by atoms with van der Waals surface area (Å²) in [6, 6.07) is 16.7. The molecule has 0 fully saturated rings. The van der Waals surface area contributed by atoms with Crippen molar-refractivity contribution >= 4 is 5.69 Å². The molecule has 3 heteroatoms. The average molecular weight is 278 g/mol. The van der Waals surface area contributed by atoms with E-state index in [1.54, 1.807) is 0 Å². The fraction of sp³-hybridized carbons (Fsp3) is 0.278. The molecule has 1 aliphatic heterocycles. The van der Waals surface area contributed by atoms with E-state index in [9.17, 15) is 0 Å². The van der Waals surface area contributed by atoms with E-state index in [0.29, 0.717) is 6.42 Å². The molecule has 0 amide bonds. The lowest BCUT2D eigenvalue weighted by Gasteiger charge is -2.08. The third-order valence-corrected chi connectivity index (χ3v) is 3.73. The third-order valence-electron chi connectivity index (χ3n) is 3.73. The van der Waals surface area contributed by atoms with E-state index in [1.165, 1.54) is 11.1 Å². The van der Waals surface area contributed by atoms with Gasteiger partial charge in [0.15, 0.2) is 0 Å². The van der Waals surface area contributed by atoms with Crippen molar-refractivity contribution in [3.8, 4) is 11.8 Å². The van der Waals surface area contributed by atoms with Gasteiger partial charge in [-0.2, -0.15) is 5.26 Å². The Bertz CT molecular complexity index is 656. The molecule has 0 atom stereocenters. The van der Waals surface area contributed by atoms with Crippen LogP contribution < -0.4 is 10.1 Å². The van der Waals surface area contributed by atoms with Crippen molar-refractivity contribution < 1.29 is 4.74 Å².